The summed E-state index contributed by atoms with van der Waals surface area (Å²) in [5, 5.41) is 1.91. The third kappa shape index (κ3) is 4.62. The van der Waals surface area contributed by atoms with Crippen LogP contribution >= 0.6 is 11.3 Å². The number of amides is 2. The molecule has 0 N–H and O–H groups in total. The Hall–Kier alpha value is -2.87. The van der Waals surface area contributed by atoms with Crippen LogP contribution in [0, 0.1) is 11.8 Å². The summed E-state index contributed by atoms with van der Waals surface area (Å²) < 4.78 is 11.1. The number of piperidine rings is 2. The molecule has 3 aliphatic rings. The summed E-state index contributed by atoms with van der Waals surface area (Å²) in [7, 11) is 0. The van der Waals surface area contributed by atoms with Crippen molar-refractivity contribution in [3.05, 3.63) is 46.2 Å². The van der Waals surface area contributed by atoms with Gasteiger partial charge in [0.1, 0.15) is 13.2 Å². The molecular weight excluding hydrogens is 440 g/mol. The number of rotatable bonds is 4. The Morgan fingerprint density at radius 1 is 0.818 bits per heavy atom. The number of ketones is 1. The summed E-state index contributed by atoms with van der Waals surface area (Å²) in [6.45, 7) is 3.46. The molecule has 174 valence electrons. The average Bonchev–Trinajstić information content (AvgIpc) is 3.42. The van der Waals surface area contributed by atoms with E-state index in [1.165, 1.54) is 11.3 Å². The summed E-state index contributed by atoms with van der Waals surface area (Å²) in [6, 6.07) is 9.12. The zero-order valence-electron chi connectivity index (χ0n) is 18.5. The SMILES string of the molecule is O=C(c1ccc2c(c1)OCCO2)C1CCN(C(=O)C2CCN(C(=O)c3cccs3)CC2)CC1. The van der Waals surface area contributed by atoms with Crippen molar-refractivity contribution in [1.82, 2.24) is 9.80 Å². The van der Waals surface area contributed by atoms with Crippen LogP contribution in [-0.4, -0.2) is 66.8 Å². The van der Waals surface area contributed by atoms with Gasteiger partial charge in [0.15, 0.2) is 17.3 Å². The second-order valence-corrected chi connectivity index (χ2v) is 9.81. The van der Waals surface area contributed by atoms with E-state index in [4.69, 9.17) is 9.47 Å². The largest absolute Gasteiger partial charge is 0.486 e. The van der Waals surface area contributed by atoms with E-state index in [1.54, 1.807) is 18.2 Å². The first-order valence-corrected chi connectivity index (χ1v) is 12.5. The average molecular weight is 469 g/mol. The molecule has 2 amide bonds. The number of ether oxygens (including phenoxy) is 2. The van der Waals surface area contributed by atoms with Gasteiger partial charge in [0, 0.05) is 43.6 Å². The van der Waals surface area contributed by atoms with E-state index in [1.807, 2.05) is 27.3 Å². The van der Waals surface area contributed by atoms with Gasteiger partial charge in [-0.3, -0.25) is 14.4 Å². The monoisotopic (exact) mass is 468 g/mol. The molecule has 33 heavy (non-hydrogen) atoms. The maximum absolute atomic E-state index is 13.1. The number of thiophene rings is 1. The van der Waals surface area contributed by atoms with Crippen LogP contribution in [0.3, 0.4) is 0 Å². The van der Waals surface area contributed by atoms with E-state index in [0.717, 1.165) is 4.88 Å². The Morgan fingerprint density at radius 2 is 1.48 bits per heavy atom. The molecular formula is C25H28N2O5S. The van der Waals surface area contributed by atoms with Crippen molar-refractivity contribution in [2.24, 2.45) is 11.8 Å². The number of Topliss-reactive ketones (excluding diaryl/α,β-unsaturated/α-hetero) is 1. The first kappa shape index (κ1) is 21.9. The molecule has 2 fully saturated rings. The van der Waals surface area contributed by atoms with Crippen LogP contribution in [0.5, 0.6) is 11.5 Å². The molecule has 0 unspecified atom stereocenters. The Kier molecular flexibility index (Phi) is 6.35. The van der Waals surface area contributed by atoms with Gasteiger partial charge in [-0.1, -0.05) is 6.07 Å². The topological polar surface area (TPSA) is 76.2 Å². The predicted molar refractivity (Wildman–Crippen MR) is 124 cm³/mol. The summed E-state index contributed by atoms with van der Waals surface area (Å²) >= 11 is 1.45. The van der Waals surface area contributed by atoms with Crippen LogP contribution in [-0.2, 0) is 4.79 Å². The van der Waals surface area contributed by atoms with Crippen LogP contribution in [0.2, 0.25) is 0 Å². The van der Waals surface area contributed by atoms with E-state index in [9.17, 15) is 14.4 Å². The van der Waals surface area contributed by atoms with E-state index < -0.39 is 0 Å². The molecule has 1 aromatic heterocycles. The lowest BCUT2D eigenvalue weighted by molar-refractivity contribution is -0.138. The molecule has 0 radical (unpaired) electrons. The lowest BCUT2D eigenvalue weighted by atomic mass is 9.87. The summed E-state index contributed by atoms with van der Waals surface area (Å²) in [4.78, 5) is 43.1. The van der Waals surface area contributed by atoms with Gasteiger partial charge in [-0.25, -0.2) is 0 Å². The van der Waals surface area contributed by atoms with E-state index >= 15 is 0 Å². The Balaban J connectivity index is 1.12. The van der Waals surface area contributed by atoms with Crippen molar-refractivity contribution >= 4 is 28.9 Å². The smallest absolute Gasteiger partial charge is 0.263 e. The standard InChI is InChI=1S/C25H28N2O5S/c28-23(19-3-4-20-21(16-19)32-14-13-31-20)17-5-9-26(10-6-17)24(29)18-7-11-27(12-8-18)25(30)22-2-1-15-33-22/h1-4,15-18H,5-14H2. The molecule has 0 saturated carbocycles. The summed E-state index contributed by atoms with van der Waals surface area (Å²) in [6.07, 6.45) is 2.75. The van der Waals surface area contributed by atoms with E-state index in [-0.39, 0.29) is 29.4 Å². The molecule has 4 heterocycles. The third-order valence-corrected chi connectivity index (χ3v) is 7.73. The fraction of sp³-hybridized carbons (Fsp3) is 0.480. The number of likely N-dealkylation sites (tertiary alicyclic amines) is 2. The number of nitrogens with zero attached hydrogens (tertiary/aromatic N) is 2. The minimum absolute atomic E-state index is 0.0394. The van der Waals surface area contributed by atoms with Crippen molar-refractivity contribution in [3.63, 3.8) is 0 Å². The number of hydrogen-bond donors (Lipinski definition) is 0. The van der Waals surface area contributed by atoms with Crippen molar-refractivity contribution in [1.29, 1.82) is 0 Å². The lowest BCUT2D eigenvalue weighted by Crippen LogP contribution is -2.47. The first-order valence-electron chi connectivity index (χ1n) is 11.7. The highest BCUT2D eigenvalue weighted by Crippen LogP contribution is 2.33. The van der Waals surface area contributed by atoms with Gasteiger partial charge in [-0.05, 0) is 55.3 Å². The minimum Gasteiger partial charge on any atom is -0.486 e. The Morgan fingerprint density at radius 3 is 2.18 bits per heavy atom. The number of fused-ring (bicyclic) bond motifs is 1. The van der Waals surface area contributed by atoms with Crippen LogP contribution < -0.4 is 9.47 Å². The van der Waals surface area contributed by atoms with E-state index in [2.05, 4.69) is 0 Å². The Bertz CT molecular complexity index is 1020. The lowest BCUT2D eigenvalue weighted by Gasteiger charge is -2.37. The number of carbonyl (C=O) groups is 3. The van der Waals surface area contributed by atoms with Crippen LogP contribution in [0.15, 0.2) is 35.7 Å². The van der Waals surface area contributed by atoms with Gasteiger partial charge < -0.3 is 19.3 Å². The zero-order valence-corrected chi connectivity index (χ0v) is 19.4. The molecule has 8 heteroatoms. The maximum atomic E-state index is 13.1. The van der Waals surface area contributed by atoms with Crippen LogP contribution in [0.25, 0.3) is 0 Å². The fourth-order valence-electron chi connectivity index (χ4n) is 4.94. The Labute approximate surface area is 197 Å². The van der Waals surface area contributed by atoms with Gasteiger partial charge in [-0.2, -0.15) is 0 Å². The van der Waals surface area contributed by atoms with Crippen LogP contribution in [0.4, 0.5) is 0 Å². The second-order valence-electron chi connectivity index (χ2n) is 8.87. The van der Waals surface area contributed by atoms with Crippen molar-refractivity contribution in [3.8, 4) is 11.5 Å². The minimum atomic E-state index is -0.0816. The molecule has 0 bridgehead atoms. The van der Waals surface area contributed by atoms with Crippen LogP contribution in [0.1, 0.15) is 45.7 Å². The number of carbonyl (C=O) groups excluding carboxylic acids is 3. The molecule has 7 nitrogen and oxygen atoms in total. The molecule has 0 aliphatic carbocycles. The molecule has 5 rings (SSSR count). The molecule has 0 atom stereocenters. The van der Waals surface area contributed by atoms with E-state index in [0.29, 0.717) is 82.1 Å². The summed E-state index contributed by atoms with van der Waals surface area (Å²) in [5.41, 5.74) is 0.645. The number of hydrogen-bond acceptors (Lipinski definition) is 6. The molecule has 1 aromatic carbocycles. The fourth-order valence-corrected chi connectivity index (χ4v) is 5.63. The predicted octanol–water partition coefficient (Wildman–Crippen LogP) is 3.49. The molecule has 3 aliphatic heterocycles. The molecule has 2 aromatic rings. The van der Waals surface area contributed by atoms with Gasteiger partial charge >= 0.3 is 0 Å². The van der Waals surface area contributed by atoms with Gasteiger partial charge in [0.05, 0.1) is 4.88 Å². The highest BCUT2D eigenvalue weighted by molar-refractivity contribution is 7.12. The third-order valence-electron chi connectivity index (χ3n) is 6.87. The highest BCUT2D eigenvalue weighted by Gasteiger charge is 2.34. The number of benzene rings is 1. The molecule has 0 spiro atoms. The molecule has 2 saturated heterocycles. The maximum Gasteiger partial charge on any atom is 0.263 e. The van der Waals surface area contributed by atoms with Gasteiger partial charge in [0.25, 0.3) is 5.91 Å². The zero-order chi connectivity index (χ0) is 22.8. The first-order chi connectivity index (χ1) is 16.1. The highest BCUT2D eigenvalue weighted by atomic mass is 32.1. The van der Waals surface area contributed by atoms with Crippen molar-refractivity contribution in [2.45, 2.75) is 25.7 Å². The van der Waals surface area contributed by atoms with Crippen molar-refractivity contribution < 1.29 is 23.9 Å². The normalized spacial score (nSPS) is 19.4. The van der Waals surface area contributed by atoms with Gasteiger partial charge in [-0.15, -0.1) is 11.3 Å². The van der Waals surface area contributed by atoms with Crippen molar-refractivity contribution in [2.75, 3.05) is 39.4 Å². The summed E-state index contributed by atoms with van der Waals surface area (Å²) in [5.74, 6) is 1.53. The quantitative estimate of drug-likeness (QED) is 0.642. The second kappa shape index (κ2) is 9.55. The van der Waals surface area contributed by atoms with Gasteiger partial charge in [0.2, 0.25) is 5.91 Å².